The van der Waals surface area contributed by atoms with Gasteiger partial charge in [0.25, 0.3) is 5.91 Å². The first-order valence-electron chi connectivity index (χ1n) is 9.82. The lowest BCUT2D eigenvalue weighted by Gasteiger charge is -2.28. The van der Waals surface area contributed by atoms with Crippen molar-refractivity contribution in [3.8, 4) is 11.3 Å². The van der Waals surface area contributed by atoms with E-state index in [2.05, 4.69) is 24.0 Å². The molecule has 0 aliphatic carbocycles. The van der Waals surface area contributed by atoms with Crippen molar-refractivity contribution in [3.63, 3.8) is 0 Å². The van der Waals surface area contributed by atoms with Crippen molar-refractivity contribution in [2.45, 2.75) is 26.3 Å². The summed E-state index contributed by atoms with van der Waals surface area (Å²) in [5, 5.41) is 5.17. The molecule has 0 bridgehead atoms. The number of aromatic nitrogens is 3. The molecule has 6 nitrogen and oxygen atoms in total. The van der Waals surface area contributed by atoms with Gasteiger partial charge in [0.05, 0.1) is 23.0 Å². The van der Waals surface area contributed by atoms with E-state index in [4.69, 9.17) is 4.98 Å². The smallest absolute Gasteiger partial charge is 0.254 e. The predicted molar refractivity (Wildman–Crippen MR) is 111 cm³/mol. The number of hydrogen-bond acceptors (Lipinski definition) is 4. The Kier molecular flexibility index (Phi) is 4.89. The van der Waals surface area contributed by atoms with Crippen molar-refractivity contribution < 1.29 is 4.79 Å². The summed E-state index contributed by atoms with van der Waals surface area (Å²) in [6.45, 7) is 6.87. The molecule has 28 heavy (non-hydrogen) atoms. The number of rotatable bonds is 2. The summed E-state index contributed by atoms with van der Waals surface area (Å²) in [6.07, 6.45) is 4.72. The maximum Gasteiger partial charge on any atom is 0.254 e. The predicted octanol–water partition coefficient (Wildman–Crippen LogP) is 3.11. The minimum Gasteiger partial charge on any atom is -0.335 e. The highest BCUT2D eigenvalue weighted by molar-refractivity contribution is 6.07. The number of carbonyl (C=O) groups excluding carboxylic acids is 1. The molecule has 2 aromatic heterocycles. The van der Waals surface area contributed by atoms with E-state index >= 15 is 0 Å². The summed E-state index contributed by atoms with van der Waals surface area (Å²) in [6, 6.07) is 8.22. The third kappa shape index (κ3) is 3.52. The normalized spacial score (nSPS) is 18.4. The van der Waals surface area contributed by atoms with Gasteiger partial charge in [0.15, 0.2) is 0 Å². The molecule has 1 atom stereocenters. The maximum atomic E-state index is 13.6. The SMILES string of the molecule is Cc1ccc2c(C(=O)N3CCCN(C)C[C@@H]3C)cc(-c3cnn(C)c3)nc2c1. The lowest BCUT2D eigenvalue weighted by atomic mass is 10.0. The van der Waals surface area contributed by atoms with Crippen molar-refractivity contribution in [2.75, 3.05) is 26.7 Å². The van der Waals surface area contributed by atoms with Gasteiger partial charge in [0.2, 0.25) is 0 Å². The Balaban J connectivity index is 1.83. The van der Waals surface area contributed by atoms with Crippen LogP contribution in [0, 0.1) is 6.92 Å². The monoisotopic (exact) mass is 377 g/mol. The van der Waals surface area contributed by atoms with Gasteiger partial charge >= 0.3 is 0 Å². The van der Waals surface area contributed by atoms with Crippen LogP contribution in [0.2, 0.25) is 0 Å². The van der Waals surface area contributed by atoms with E-state index in [1.54, 1.807) is 10.9 Å². The number of hydrogen-bond donors (Lipinski definition) is 0. The number of amides is 1. The Bertz CT molecular complexity index is 1020. The van der Waals surface area contributed by atoms with Gasteiger partial charge in [0, 0.05) is 43.3 Å². The fourth-order valence-electron chi connectivity index (χ4n) is 4.05. The molecule has 1 fully saturated rings. The minimum absolute atomic E-state index is 0.0872. The van der Waals surface area contributed by atoms with E-state index in [9.17, 15) is 4.79 Å². The van der Waals surface area contributed by atoms with Crippen LogP contribution in [-0.2, 0) is 7.05 Å². The molecule has 0 spiro atoms. The summed E-state index contributed by atoms with van der Waals surface area (Å²) >= 11 is 0. The van der Waals surface area contributed by atoms with Crippen LogP contribution < -0.4 is 0 Å². The maximum absolute atomic E-state index is 13.6. The fourth-order valence-corrected chi connectivity index (χ4v) is 4.05. The second kappa shape index (κ2) is 7.36. The molecule has 4 rings (SSSR count). The zero-order chi connectivity index (χ0) is 19.8. The molecule has 1 aliphatic heterocycles. The average Bonchev–Trinajstić information content (AvgIpc) is 3.02. The van der Waals surface area contributed by atoms with E-state index in [1.807, 2.05) is 49.3 Å². The highest BCUT2D eigenvalue weighted by atomic mass is 16.2. The molecule has 0 unspecified atom stereocenters. The van der Waals surface area contributed by atoms with Gasteiger partial charge in [-0.2, -0.15) is 5.10 Å². The van der Waals surface area contributed by atoms with Gasteiger partial charge in [-0.15, -0.1) is 0 Å². The zero-order valence-electron chi connectivity index (χ0n) is 17.0. The Morgan fingerprint density at radius 3 is 2.75 bits per heavy atom. The minimum atomic E-state index is 0.0872. The first kappa shape index (κ1) is 18.6. The topological polar surface area (TPSA) is 54.3 Å². The molecule has 3 heterocycles. The standard InChI is InChI=1S/C22H27N5O/c1-15-6-7-18-19(22(28)27-9-5-8-25(3)13-16(27)2)11-20(24-21(18)10-15)17-12-23-26(4)14-17/h6-7,10-12,14,16H,5,8-9,13H2,1-4H3/t16-/m0/s1. The Hall–Kier alpha value is -2.73. The molecule has 1 aromatic carbocycles. The van der Waals surface area contributed by atoms with Crippen molar-refractivity contribution in [2.24, 2.45) is 7.05 Å². The molecule has 0 radical (unpaired) electrons. The molecule has 1 amide bonds. The molecule has 3 aromatic rings. The van der Waals surface area contributed by atoms with Gasteiger partial charge < -0.3 is 9.80 Å². The van der Waals surface area contributed by atoms with E-state index in [0.29, 0.717) is 0 Å². The molecule has 0 saturated carbocycles. The number of aryl methyl sites for hydroxylation is 2. The van der Waals surface area contributed by atoms with Crippen LogP contribution in [0.15, 0.2) is 36.7 Å². The molecular weight excluding hydrogens is 350 g/mol. The summed E-state index contributed by atoms with van der Waals surface area (Å²) in [4.78, 5) is 22.8. The highest BCUT2D eigenvalue weighted by Crippen LogP contribution is 2.27. The van der Waals surface area contributed by atoms with E-state index < -0.39 is 0 Å². The third-order valence-corrected chi connectivity index (χ3v) is 5.50. The number of nitrogens with zero attached hydrogens (tertiary/aromatic N) is 5. The Labute approximate surface area is 165 Å². The van der Waals surface area contributed by atoms with Crippen molar-refractivity contribution in [1.29, 1.82) is 0 Å². The number of fused-ring (bicyclic) bond motifs is 1. The molecule has 146 valence electrons. The van der Waals surface area contributed by atoms with Crippen LogP contribution in [0.4, 0.5) is 0 Å². The summed E-state index contributed by atoms with van der Waals surface area (Å²) < 4.78 is 1.76. The van der Waals surface area contributed by atoms with Crippen LogP contribution in [0.3, 0.4) is 0 Å². The summed E-state index contributed by atoms with van der Waals surface area (Å²) in [5.41, 5.74) is 4.41. The number of carbonyl (C=O) groups is 1. The van der Waals surface area contributed by atoms with Crippen molar-refractivity contribution in [1.82, 2.24) is 24.6 Å². The fraction of sp³-hybridized carbons (Fsp3) is 0.409. The second-order valence-electron chi connectivity index (χ2n) is 7.94. The lowest BCUT2D eigenvalue weighted by Crippen LogP contribution is -2.42. The van der Waals surface area contributed by atoms with Crippen LogP contribution in [-0.4, -0.2) is 63.2 Å². The molecule has 1 aliphatic rings. The number of likely N-dealkylation sites (N-methyl/N-ethyl adjacent to an activating group) is 1. The number of pyridine rings is 1. The first-order chi connectivity index (χ1) is 13.4. The Morgan fingerprint density at radius 2 is 2.00 bits per heavy atom. The van der Waals surface area contributed by atoms with Gasteiger partial charge in [-0.25, -0.2) is 4.98 Å². The molecule has 6 heteroatoms. The second-order valence-corrected chi connectivity index (χ2v) is 7.94. The lowest BCUT2D eigenvalue weighted by molar-refractivity contribution is 0.0698. The highest BCUT2D eigenvalue weighted by Gasteiger charge is 2.27. The third-order valence-electron chi connectivity index (χ3n) is 5.50. The van der Waals surface area contributed by atoms with Gasteiger partial charge in [-0.3, -0.25) is 9.48 Å². The van der Waals surface area contributed by atoms with Crippen molar-refractivity contribution >= 4 is 16.8 Å². The van der Waals surface area contributed by atoms with Gasteiger partial charge in [-0.1, -0.05) is 12.1 Å². The van der Waals surface area contributed by atoms with E-state index in [0.717, 1.165) is 59.3 Å². The van der Waals surface area contributed by atoms with Crippen LogP contribution in [0.5, 0.6) is 0 Å². The quantitative estimate of drug-likeness (QED) is 0.689. The van der Waals surface area contributed by atoms with Crippen molar-refractivity contribution in [3.05, 3.63) is 47.8 Å². The number of benzene rings is 1. The first-order valence-corrected chi connectivity index (χ1v) is 9.82. The Morgan fingerprint density at radius 1 is 1.18 bits per heavy atom. The average molecular weight is 377 g/mol. The summed E-state index contributed by atoms with van der Waals surface area (Å²) in [7, 11) is 4.01. The van der Waals surface area contributed by atoms with Gasteiger partial charge in [0.1, 0.15) is 0 Å². The molecular formula is C22H27N5O. The summed E-state index contributed by atoms with van der Waals surface area (Å²) in [5.74, 6) is 0.0872. The van der Waals surface area contributed by atoms with E-state index in [1.165, 1.54) is 0 Å². The van der Waals surface area contributed by atoms with E-state index in [-0.39, 0.29) is 11.9 Å². The zero-order valence-corrected chi connectivity index (χ0v) is 17.0. The van der Waals surface area contributed by atoms with Crippen LogP contribution >= 0.6 is 0 Å². The van der Waals surface area contributed by atoms with Crippen LogP contribution in [0.1, 0.15) is 29.3 Å². The molecule has 1 saturated heterocycles. The molecule has 0 N–H and O–H groups in total. The largest absolute Gasteiger partial charge is 0.335 e. The van der Waals surface area contributed by atoms with Gasteiger partial charge in [-0.05, 0) is 51.6 Å². The van der Waals surface area contributed by atoms with Crippen LogP contribution in [0.25, 0.3) is 22.2 Å².